The maximum absolute atomic E-state index is 9.86. The fourth-order valence-electron chi connectivity index (χ4n) is 1.96. The van der Waals surface area contributed by atoms with Gasteiger partial charge in [-0.25, -0.2) is 0 Å². The zero-order valence-corrected chi connectivity index (χ0v) is 9.93. The van der Waals surface area contributed by atoms with Crippen molar-refractivity contribution >= 4 is 6.21 Å². The molecule has 0 aromatic carbocycles. The molecule has 1 N–H and O–H groups in total. The monoisotopic (exact) mass is 228 g/mol. The molecule has 0 saturated carbocycles. The largest absolute Gasteiger partial charge is 0.385 e. The number of nitrogens with zero attached hydrogens (tertiary/aromatic N) is 2. The van der Waals surface area contributed by atoms with Crippen LogP contribution in [0.3, 0.4) is 0 Å². The van der Waals surface area contributed by atoms with Gasteiger partial charge in [0.25, 0.3) is 0 Å². The number of hydrogen-bond acceptors (Lipinski definition) is 5. The van der Waals surface area contributed by atoms with Crippen LogP contribution in [0.15, 0.2) is 5.10 Å². The van der Waals surface area contributed by atoms with E-state index >= 15 is 0 Å². The summed E-state index contributed by atoms with van der Waals surface area (Å²) in [6.45, 7) is 6.07. The predicted octanol–water partition coefficient (Wildman–Crippen LogP) is 0.580. The van der Waals surface area contributed by atoms with Gasteiger partial charge < -0.3 is 14.6 Å². The summed E-state index contributed by atoms with van der Waals surface area (Å²) >= 11 is 0. The van der Waals surface area contributed by atoms with E-state index in [1.54, 1.807) is 6.21 Å². The van der Waals surface area contributed by atoms with Crippen molar-refractivity contribution < 1.29 is 14.6 Å². The highest BCUT2D eigenvalue weighted by molar-refractivity contribution is 5.63. The summed E-state index contributed by atoms with van der Waals surface area (Å²) in [7, 11) is 0. The molecule has 0 unspecified atom stereocenters. The third-order valence-electron chi connectivity index (χ3n) is 2.88. The van der Waals surface area contributed by atoms with Crippen LogP contribution in [0.5, 0.6) is 0 Å². The van der Waals surface area contributed by atoms with Gasteiger partial charge in [0.1, 0.15) is 12.2 Å². The Balaban J connectivity index is 1.81. The van der Waals surface area contributed by atoms with Crippen molar-refractivity contribution in [3.05, 3.63) is 0 Å². The Morgan fingerprint density at radius 3 is 2.69 bits per heavy atom. The maximum Gasteiger partial charge on any atom is 0.163 e. The third-order valence-corrected chi connectivity index (χ3v) is 2.88. The minimum absolute atomic E-state index is 0.304. The molecule has 5 nitrogen and oxygen atoms in total. The van der Waals surface area contributed by atoms with Crippen LogP contribution in [0.2, 0.25) is 0 Å². The molecule has 0 spiro atoms. The molecule has 0 amide bonds. The molecule has 2 rings (SSSR count). The van der Waals surface area contributed by atoms with Crippen molar-refractivity contribution in [3.8, 4) is 0 Å². The lowest BCUT2D eigenvalue weighted by Gasteiger charge is -2.19. The Morgan fingerprint density at radius 1 is 1.44 bits per heavy atom. The number of ether oxygens (including phenoxy) is 2. The van der Waals surface area contributed by atoms with Crippen LogP contribution in [0.25, 0.3) is 0 Å². The Morgan fingerprint density at radius 2 is 2.12 bits per heavy atom. The highest BCUT2D eigenvalue weighted by atomic mass is 16.7. The summed E-state index contributed by atoms with van der Waals surface area (Å²) in [5.41, 5.74) is 0. The van der Waals surface area contributed by atoms with Crippen LogP contribution in [0.4, 0.5) is 0 Å². The van der Waals surface area contributed by atoms with Gasteiger partial charge in [-0.15, -0.1) is 0 Å². The minimum atomic E-state index is -0.692. The highest BCUT2D eigenvalue weighted by Gasteiger charge is 2.36. The van der Waals surface area contributed by atoms with Gasteiger partial charge in [0.2, 0.25) is 0 Å². The number of aliphatic hydroxyl groups is 1. The Bertz CT molecular complexity index is 262. The number of hydrogen-bond donors (Lipinski definition) is 1. The van der Waals surface area contributed by atoms with E-state index in [1.165, 1.54) is 12.8 Å². The van der Waals surface area contributed by atoms with Gasteiger partial charge in [-0.1, -0.05) is 0 Å². The van der Waals surface area contributed by atoms with Crippen LogP contribution in [-0.4, -0.2) is 54.0 Å². The van der Waals surface area contributed by atoms with Crippen molar-refractivity contribution in [2.45, 2.75) is 44.7 Å². The van der Waals surface area contributed by atoms with Gasteiger partial charge in [0, 0.05) is 13.1 Å². The molecule has 2 aliphatic heterocycles. The molecule has 16 heavy (non-hydrogen) atoms. The van der Waals surface area contributed by atoms with Gasteiger partial charge in [0.15, 0.2) is 5.79 Å². The smallest absolute Gasteiger partial charge is 0.163 e. The quantitative estimate of drug-likeness (QED) is 0.718. The molecule has 92 valence electrons. The lowest BCUT2D eigenvalue weighted by molar-refractivity contribution is -0.145. The average Bonchev–Trinajstić information content (AvgIpc) is 2.83. The first-order valence-electron chi connectivity index (χ1n) is 5.86. The summed E-state index contributed by atoms with van der Waals surface area (Å²) < 4.78 is 10.9. The normalized spacial score (nSPS) is 31.4. The van der Waals surface area contributed by atoms with E-state index in [2.05, 4.69) is 5.10 Å². The first kappa shape index (κ1) is 11.8. The fourth-order valence-corrected chi connectivity index (χ4v) is 1.96. The molecule has 2 heterocycles. The molecule has 2 aliphatic rings. The number of aliphatic hydroxyl groups excluding tert-OH is 1. The van der Waals surface area contributed by atoms with Crippen molar-refractivity contribution in [2.75, 3.05) is 19.7 Å². The van der Waals surface area contributed by atoms with E-state index in [9.17, 15) is 5.11 Å². The van der Waals surface area contributed by atoms with Crippen molar-refractivity contribution in [3.63, 3.8) is 0 Å². The Labute approximate surface area is 96.0 Å². The Hall–Kier alpha value is -0.650. The molecule has 2 fully saturated rings. The average molecular weight is 228 g/mol. The molecular weight excluding hydrogens is 208 g/mol. The van der Waals surface area contributed by atoms with Crippen LogP contribution >= 0.6 is 0 Å². The van der Waals surface area contributed by atoms with Crippen LogP contribution in [0, 0.1) is 0 Å². The molecule has 0 bridgehead atoms. The van der Waals surface area contributed by atoms with Crippen molar-refractivity contribution in [1.82, 2.24) is 5.01 Å². The van der Waals surface area contributed by atoms with Crippen molar-refractivity contribution in [1.29, 1.82) is 0 Å². The summed E-state index contributed by atoms with van der Waals surface area (Å²) in [6.07, 6.45) is 2.93. The van der Waals surface area contributed by atoms with Gasteiger partial charge in [0.05, 0.1) is 12.8 Å². The van der Waals surface area contributed by atoms with Gasteiger partial charge in [-0.05, 0) is 26.7 Å². The Kier molecular flexibility index (Phi) is 3.47. The second-order valence-corrected chi connectivity index (χ2v) is 4.78. The number of hydrazone groups is 1. The summed E-state index contributed by atoms with van der Waals surface area (Å²) in [5, 5.41) is 16.1. The molecule has 2 atom stereocenters. The van der Waals surface area contributed by atoms with Crippen LogP contribution < -0.4 is 0 Å². The first-order valence-corrected chi connectivity index (χ1v) is 5.86. The van der Waals surface area contributed by atoms with Crippen molar-refractivity contribution in [2.24, 2.45) is 5.10 Å². The van der Waals surface area contributed by atoms with E-state index < -0.39 is 11.9 Å². The summed E-state index contributed by atoms with van der Waals surface area (Å²) in [5.74, 6) is -0.590. The number of rotatable bonds is 3. The van der Waals surface area contributed by atoms with E-state index in [4.69, 9.17) is 9.47 Å². The SMILES string of the molecule is CC1(C)OC[C@H]([C@@H](O)/C=N/N2CCCC2)O1. The van der Waals surface area contributed by atoms with Crippen LogP contribution in [0.1, 0.15) is 26.7 Å². The second-order valence-electron chi connectivity index (χ2n) is 4.78. The molecule has 2 saturated heterocycles. The third kappa shape index (κ3) is 2.93. The molecule has 0 aromatic heterocycles. The molecule has 5 heteroatoms. The molecular formula is C11H20N2O3. The second kappa shape index (κ2) is 4.69. The van der Waals surface area contributed by atoms with E-state index in [0.29, 0.717) is 6.61 Å². The standard InChI is InChI=1S/C11H20N2O3/c1-11(2)15-8-10(16-11)9(14)7-12-13-5-3-4-6-13/h7,9-10,14H,3-6,8H2,1-2H3/b12-7+/t9-,10+/m0/s1. The molecule has 0 aromatic rings. The van der Waals surface area contributed by atoms with Gasteiger partial charge in [-0.3, -0.25) is 5.01 Å². The zero-order chi connectivity index (χ0) is 11.6. The minimum Gasteiger partial charge on any atom is -0.385 e. The van der Waals surface area contributed by atoms with Gasteiger partial charge in [-0.2, -0.15) is 5.10 Å². The van der Waals surface area contributed by atoms with E-state index in [-0.39, 0.29) is 6.10 Å². The predicted molar refractivity (Wildman–Crippen MR) is 60.2 cm³/mol. The van der Waals surface area contributed by atoms with E-state index in [1.807, 2.05) is 18.9 Å². The first-order chi connectivity index (χ1) is 7.57. The lowest BCUT2D eigenvalue weighted by Crippen LogP contribution is -2.32. The zero-order valence-electron chi connectivity index (χ0n) is 9.93. The maximum atomic E-state index is 9.86. The molecule has 0 radical (unpaired) electrons. The van der Waals surface area contributed by atoms with E-state index in [0.717, 1.165) is 13.1 Å². The van der Waals surface area contributed by atoms with Gasteiger partial charge >= 0.3 is 0 Å². The molecule has 0 aliphatic carbocycles. The highest BCUT2D eigenvalue weighted by Crippen LogP contribution is 2.23. The van der Waals surface area contributed by atoms with Crippen LogP contribution in [-0.2, 0) is 9.47 Å². The summed E-state index contributed by atoms with van der Waals surface area (Å²) in [6, 6.07) is 0. The topological polar surface area (TPSA) is 54.3 Å². The lowest BCUT2D eigenvalue weighted by atomic mass is 10.2. The summed E-state index contributed by atoms with van der Waals surface area (Å²) in [4.78, 5) is 0. The fraction of sp³-hybridized carbons (Fsp3) is 0.909.